The molecule has 17 heavy (non-hydrogen) atoms. The van der Waals surface area contributed by atoms with Crippen LogP contribution in [0.5, 0.6) is 0 Å². The summed E-state index contributed by atoms with van der Waals surface area (Å²) in [7, 11) is 0. The molecule has 1 rings (SSSR count). The van der Waals surface area contributed by atoms with Crippen LogP contribution in [0.15, 0.2) is 12.2 Å². The second-order valence-corrected chi connectivity index (χ2v) is 6.02. The van der Waals surface area contributed by atoms with Gasteiger partial charge in [-0.15, -0.1) is 6.58 Å². The van der Waals surface area contributed by atoms with Crippen molar-refractivity contribution < 1.29 is 0 Å². The van der Waals surface area contributed by atoms with E-state index in [0.717, 1.165) is 13.0 Å². The molecule has 1 aliphatic heterocycles. The predicted molar refractivity (Wildman–Crippen MR) is 76.4 cm³/mol. The Bertz CT molecular complexity index is 239. The zero-order valence-electron chi connectivity index (χ0n) is 12.2. The summed E-state index contributed by atoms with van der Waals surface area (Å²) in [6, 6.07) is 0.526. The molecule has 0 saturated carbocycles. The Kier molecular flexibility index (Phi) is 5.68. The Hall–Kier alpha value is -0.340. The molecule has 0 amide bonds. The van der Waals surface area contributed by atoms with Gasteiger partial charge in [0.05, 0.1) is 0 Å². The molecule has 0 aromatic rings. The van der Waals surface area contributed by atoms with Crippen LogP contribution in [0.25, 0.3) is 0 Å². The Morgan fingerprint density at radius 3 is 2.41 bits per heavy atom. The number of hydrogen-bond acceptors (Lipinski definition) is 2. The maximum absolute atomic E-state index is 4.08. The molecule has 2 heteroatoms. The molecule has 1 saturated heterocycles. The van der Waals surface area contributed by atoms with Gasteiger partial charge in [0, 0.05) is 11.6 Å². The Morgan fingerprint density at radius 2 is 1.94 bits per heavy atom. The highest BCUT2D eigenvalue weighted by Gasteiger charge is 2.36. The molecule has 1 N–H and O–H groups in total. The first-order valence-electron chi connectivity index (χ1n) is 7.11. The van der Waals surface area contributed by atoms with E-state index in [2.05, 4.69) is 44.5 Å². The van der Waals surface area contributed by atoms with E-state index in [1.165, 1.54) is 37.9 Å². The smallest absolute Gasteiger partial charge is 0.0309 e. The summed E-state index contributed by atoms with van der Waals surface area (Å²) in [4.78, 5) is 2.64. The highest BCUT2D eigenvalue weighted by atomic mass is 15.2. The molecule has 1 atom stereocenters. The average Bonchev–Trinajstić information content (AvgIpc) is 2.77. The minimum atomic E-state index is 0.241. The fourth-order valence-electron chi connectivity index (χ4n) is 2.75. The fraction of sp³-hybridized carbons (Fsp3) is 0.867. The third-order valence-corrected chi connectivity index (χ3v) is 3.97. The number of nitrogens with zero attached hydrogens (tertiary/aromatic N) is 1. The molecule has 1 aliphatic rings. The van der Waals surface area contributed by atoms with Gasteiger partial charge in [-0.05, 0) is 66.1 Å². The zero-order chi connectivity index (χ0) is 12.9. The topological polar surface area (TPSA) is 15.3 Å². The molecular weight excluding hydrogens is 208 g/mol. The Labute approximate surface area is 107 Å². The molecule has 0 aliphatic carbocycles. The minimum absolute atomic E-state index is 0.241. The van der Waals surface area contributed by atoms with Crippen molar-refractivity contribution in [2.75, 3.05) is 19.6 Å². The largest absolute Gasteiger partial charge is 0.312 e. The summed E-state index contributed by atoms with van der Waals surface area (Å²) < 4.78 is 0. The third kappa shape index (κ3) is 4.11. The van der Waals surface area contributed by atoms with E-state index in [1.807, 2.05) is 0 Å². The van der Waals surface area contributed by atoms with Gasteiger partial charge in [-0.25, -0.2) is 0 Å². The zero-order valence-corrected chi connectivity index (χ0v) is 12.2. The summed E-state index contributed by atoms with van der Waals surface area (Å²) in [5.41, 5.74) is 1.52. The summed E-state index contributed by atoms with van der Waals surface area (Å²) in [6.45, 7) is 16.8. The molecule has 1 fully saturated rings. The van der Waals surface area contributed by atoms with E-state index < -0.39 is 0 Å². The molecule has 0 bridgehead atoms. The van der Waals surface area contributed by atoms with Gasteiger partial charge in [0.2, 0.25) is 0 Å². The van der Waals surface area contributed by atoms with Crippen LogP contribution in [0.4, 0.5) is 0 Å². The summed E-state index contributed by atoms with van der Waals surface area (Å²) in [5, 5.41) is 3.72. The van der Waals surface area contributed by atoms with Crippen LogP contribution in [0.3, 0.4) is 0 Å². The standard InChI is InChI=1S/C15H30N2/c1-6-9-16-14(12-13(2)3)15(4,5)17-10-7-8-11-17/h14,16H,2,6-12H2,1,3-5H3. The number of nitrogens with one attached hydrogen (secondary N) is 1. The second-order valence-electron chi connectivity index (χ2n) is 6.02. The fourth-order valence-corrected chi connectivity index (χ4v) is 2.75. The summed E-state index contributed by atoms with van der Waals surface area (Å²) in [6.07, 6.45) is 5.00. The molecule has 100 valence electrons. The van der Waals surface area contributed by atoms with Crippen LogP contribution in [0.1, 0.15) is 53.4 Å². The first-order valence-corrected chi connectivity index (χ1v) is 7.11. The Morgan fingerprint density at radius 1 is 1.35 bits per heavy atom. The lowest BCUT2D eigenvalue weighted by Gasteiger charge is -2.43. The van der Waals surface area contributed by atoms with Crippen molar-refractivity contribution in [3.05, 3.63) is 12.2 Å². The molecular formula is C15H30N2. The van der Waals surface area contributed by atoms with Crippen LogP contribution in [-0.4, -0.2) is 36.1 Å². The molecule has 0 aromatic carbocycles. The lowest BCUT2D eigenvalue weighted by atomic mass is 9.88. The molecule has 2 nitrogen and oxygen atoms in total. The van der Waals surface area contributed by atoms with Gasteiger partial charge in [-0.3, -0.25) is 4.90 Å². The van der Waals surface area contributed by atoms with E-state index in [1.54, 1.807) is 0 Å². The number of hydrogen-bond donors (Lipinski definition) is 1. The van der Waals surface area contributed by atoms with Crippen LogP contribution >= 0.6 is 0 Å². The highest BCUT2D eigenvalue weighted by molar-refractivity contribution is 5.03. The van der Waals surface area contributed by atoms with Crippen molar-refractivity contribution >= 4 is 0 Å². The van der Waals surface area contributed by atoms with E-state index in [4.69, 9.17) is 0 Å². The summed E-state index contributed by atoms with van der Waals surface area (Å²) >= 11 is 0. The van der Waals surface area contributed by atoms with Gasteiger partial charge in [0.25, 0.3) is 0 Å². The molecule has 1 unspecified atom stereocenters. The summed E-state index contributed by atoms with van der Waals surface area (Å²) in [5.74, 6) is 0. The highest BCUT2D eigenvalue weighted by Crippen LogP contribution is 2.27. The third-order valence-electron chi connectivity index (χ3n) is 3.97. The van der Waals surface area contributed by atoms with Gasteiger partial charge >= 0.3 is 0 Å². The van der Waals surface area contributed by atoms with Crippen molar-refractivity contribution in [3.63, 3.8) is 0 Å². The van der Waals surface area contributed by atoms with Gasteiger partial charge < -0.3 is 5.32 Å². The van der Waals surface area contributed by atoms with E-state index in [-0.39, 0.29) is 5.54 Å². The predicted octanol–water partition coefficient (Wildman–Crippen LogP) is 3.20. The van der Waals surface area contributed by atoms with Crippen molar-refractivity contribution in [1.82, 2.24) is 10.2 Å². The normalized spacial score (nSPS) is 19.5. The van der Waals surface area contributed by atoms with Crippen molar-refractivity contribution in [3.8, 4) is 0 Å². The first-order chi connectivity index (χ1) is 7.98. The van der Waals surface area contributed by atoms with Crippen LogP contribution in [-0.2, 0) is 0 Å². The maximum atomic E-state index is 4.08. The lowest BCUT2D eigenvalue weighted by Crippen LogP contribution is -2.57. The van der Waals surface area contributed by atoms with Crippen molar-refractivity contribution in [1.29, 1.82) is 0 Å². The molecule has 1 heterocycles. The van der Waals surface area contributed by atoms with Crippen LogP contribution in [0.2, 0.25) is 0 Å². The first kappa shape index (κ1) is 14.7. The van der Waals surface area contributed by atoms with Gasteiger partial charge in [0.1, 0.15) is 0 Å². The number of rotatable bonds is 7. The SMILES string of the molecule is C=C(C)CC(NCCC)C(C)(C)N1CCCC1. The van der Waals surface area contributed by atoms with Gasteiger partial charge in [-0.1, -0.05) is 12.5 Å². The molecule has 0 aromatic heterocycles. The monoisotopic (exact) mass is 238 g/mol. The quantitative estimate of drug-likeness (QED) is 0.685. The van der Waals surface area contributed by atoms with E-state index in [0.29, 0.717) is 6.04 Å². The van der Waals surface area contributed by atoms with Crippen molar-refractivity contribution in [2.45, 2.75) is 65.0 Å². The van der Waals surface area contributed by atoms with Gasteiger partial charge in [-0.2, -0.15) is 0 Å². The lowest BCUT2D eigenvalue weighted by molar-refractivity contribution is 0.106. The van der Waals surface area contributed by atoms with Crippen LogP contribution < -0.4 is 5.32 Å². The maximum Gasteiger partial charge on any atom is 0.0309 e. The number of likely N-dealkylation sites (tertiary alicyclic amines) is 1. The van der Waals surface area contributed by atoms with E-state index in [9.17, 15) is 0 Å². The molecule has 0 radical (unpaired) electrons. The van der Waals surface area contributed by atoms with Crippen LogP contribution in [0, 0.1) is 0 Å². The minimum Gasteiger partial charge on any atom is -0.312 e. The average molecular weight is 238 g/mol. The van der Waals surface area contributed by atoms with Gasteiger partial charge in [0.15, 0.2) is 0 Å². The Balaban J connectivity index is 2.67. The van der Waals surface area contributed by atoms with Crippen molar-refractivity contribution in [2.24, 2.45) is 0 Å². The molecule has 0 spiro atoms. The van der Waals surface area contributed by atoms with E-state index >= 15 is 0 Å². The second kappa shape index (κ2) is 6.55.